The highest BCUT2D eigenvalue weighted by molar-refractivity contribution is 6.06. The number of hydrogen-bond acceptors (Lipinski definition) is 3. The summed E-state index contributed by atoms with van der Waals surface area (Å²) in [4.78, 5) is 21.0. The Bertz CT molecular complexity index is 190. The van der Waals surface area contributed by atoms with Gasteiger partial charge in [-0.15, -0.1) is 0 Å². The summed E-state index contributed by atoms with van der Waals surface area (Å²) in [5.74, 6) is -0.614. The number of cyclic esters (lactones) is 1. The van der Waals surface area contributed by atoms with Crippen LogP contribution in [0.2, 0.25) is 0 Å². The second-order valence-corrected chi connectivity index (χ2v) is 1.89. The van der Waals surface area contributed by atoms with Gasteiger partial charge >= 0.3 is 5.97 Å². The van der Waals surface area contributed by atoms with Gasteiger partial charge in [0, 0.05) is 5.57 Å². The number of Topliss-reactive ketones (excluding diaryl/α,β-unsaturated/α-hetero) is 1. The molecule has 1 aliphatic heterocycles. The van der Waals surface area contributed by atoms with Crippen molar-refractivity contribution in [2.75, 3.05) is 0 Å². The molecule has 0 N–H and O–H groups in total. The molecule has 0 spiro atoms. The van der Waals surface area contributed by atoms with Crippen molar-refractivity contribution in [1.29, 1.82) is 0 Å². The molecule has 3 nitrogen and oxygen atoms in total. The molecule has 0 aliphatic carbocycles. The van der Waals surface area contributed by atoms with Gasteiger partial charge in [0.1, 0.15) is 12.7 Å². The van der Waals surface area contributed by atoms with Gasteiger partial charge in [0.05, 0.1) is 0 Å². The van der Waals surface area contributed by atoms with Gasteiger partial charge in [-0.05, 0) is 6.92 Å². The largest absolute Gasteiger partial charge is 0.434 e. The summed E-state index contributed by atoms with van der Waals surface area (Å²) < 4.78 is 4.44. The summed E-state index contributed by atoms with van der Waals surface area (Å²) in [6.45, 7) is 1.62. The first kappa shape index (κ1) is 6.01. The van der Waals surface area contributed by atoms with E-state index in [2.05, 4.69) is 4.74 Å². The molecule has 0 aromatic heterocycles. The molecule has 1 rings (SSSR count). The number of esters is 1. The first-order valence-corrected chi connectivity index (χ1v) is 2.59. The predicted octanol–water partition coefficient (Wildman–Crippen LogP) is 0.406. The second kappa shape index (κ2) is 2.01. The van der Waals surface area contributed by atoms with Gasteiger partial charge in [-0.25, -0.2) is 0 Å². The van der Waals surface area contributed by atoms with E-state index >= 15 is 0 Å². The maximum Gasteiger partial charge on any atom is 0.318 e. The Morgan fingerprint density at radius 2 is 2.22 bits per heavy atom. The smallest absolute Gasteiger partial charge is 0.318 e. The topological polar surface area (TPSA) is 43.4 Å². The van der Waals surface area contributed by atoms with Crippen LogP contribution in [0.4, 0.5) is 0 Å². The van der Waals surface area contributed by atoms with Crippen molar-refractivity contribution in [2.45, 2.75) is 13.3 Å². The minimum Gasteiger partial charge on any atom is -0.434 e. The molecule has 0 unspecified atom stereocenters. The van der Waals surface area contributed by atoms with E-state index in [1.54, 1.807) is 6.92 Å². The molecule has 0 fully saturated rings. The minimum atomic E-state index is -0.467. The fourth-order valence-electron chi connectivity index (χ4n) is 0.532. The third kappa shape index (κ3) is 1.16. The second-order valence-electron chi connectivity index (χ2n) is 1.89. The monoisotopic (exact) mass is 126 g/mol. The molecule has 0 radical (unpaired) electrons. The predicted molar refractivity (Wildman–Crippen MR) is 29.5 cm³/mol. The Morgan fingerprint density at radius 1 is 1.56 bits per heavy atom. The van der Waals surface area contributed by atoms with Crippen LogP contribution >= 0.6 is 0 Å². The van der Waals surface area contributed by atoms with Crippen molar-refractivity contribution < 1.29 is 14.3 Å². The zero-order valence-corrected chi connectivity index (χ0v) is 5.01. The lowest BCUT2D eigenvalue weighted by Crippen LogP contribution is -2.15. The number of carbonyl (C=O) groups excluding carboxylic acids is 2. The molecule has 0 atom stereocenters. The third-order valence-corrected chi connectivity index (χ3v) is 1.11. The Kier molecular flexibility index (Phi) is 1.34. The summed E-state index contributed by atoms with van der Waals surface area (Å²) >= 11 is 0. The highest BCUT2D eigenvalue weighted by Gasteiger charge is 2.16. The van der Waals surface area contributed by atoms with Gasteiger partial charge in [-0.1, -0.05) is 0 Å². The Hall–Kier alpha value is -1.12. The maximum atomic E-state index is 10.6. The quantitative estimate of drug-likeness (QED) is 0.348. The number of hydrogen-bond donors (Lipinski definition) is 0. The lowest BCUT2D eigenvalue weighted by atomic mass is 10.1. The SMILES string of the molecule is CC1=COC(=O)CC1=O. The molecule has 9 heavy (non-hydrogen) atoms. The molecule has 0 amide bonds. The first-order chi connectivity index (χ1) is 4.20. The van der Waals surface area contributed by atoms with Crippen LogP contribution in [0, 0.1) is 0 Å². The van der Waals surface area contributed by atoms with E-state index < -0.39 is 5.97 Å². The molecule has 0 bridgehead atoms. The molecular formula is C6H6O3. The van der Waals surface area contributed by atoms with Crippen LogP contribution < -0.4 is 0 Å². The van der Waals surface area contributed by atoms with Gasteiger partial charge in [0.25, 0.3) is 0 Å². The van der Waals surface area contributed by atoms with E-state index in [-0.39, 0.29) is 12.2 Å². The molecule has 3 heteroatoms. The Morgan fingerprint density at radius 3 is 2.67 bits per heavy atom. The zero-order chi connectivity index (χ0) is 6.85. The van der Waals surface area contributed by atoms with E-state index in [1.165, 1.54) is 6.26 Å². The molecule has 0 saturated carbocycles. The summed E-state index contributed by atoms with van der Waals surface area (Å²) in [5, 5.41) is 0. The number of rotatable bonds is 0. The van der Waals surface area contributed by atoms with Gasteiger partial charge in [0.15, 0.2) is 5.78 Å². The normalized spacial score (nSPS) is 19.0. The lowest BCUT2D eigenvalue weighted by Gasteiger charge is -2.05. The average Bonchev–Trinajstić information content (AvgIpc) is 1.80. The minimum absolute atomic E-state index is 0.109. The van der Waals surface area contributed by atoms with Crippen molar-refractivity contribution in [2.24, 2.45) is 0 Å². The molecule has 0 aromatic carbocycles. The van der Waals surface area contributed by atoms with Gasteiger partial charge in [-0.3, -0.25) is 9.59 Å². The number of ketones is 1. The van der Waals surface area contributed by atoms with Gasteiger partial charge in [-0.2, -0.15) is 0 Å². The highest BCUT2D eigenvalue weighted by atomic mass is 16.5. The van der Waals surface area contributed by atoms with E-state index in [1.807, 2.05) is 0 Å². The van der Waals surface area contributed by atoms with Crippen LogP contribution in [-0.2, 0) is 14.3 Å². The zero-order valence-electron chi connectivity index (χ0n) is 5.01. The van der Waals surface area contributed by atoms with Crippen LogP contribution in [0.5, 0.6) is 0 Å². The van der Waals surface area contributed by atoms with Crippen molar-refractivity contribution in [3.8, 4) is 0 Å². The van der Waals surface area contributed by atoms with Crippen molar-refractivity contribution in [3.05, 3.63) is 11.8 Å². The number of carbonyl (C=O) groups is 2. The Balaban J connectivity index is 2.79. The van der Waals surface area contributed by atoms with Crippen molar-refractivity contribution in [3.63, 3.8) is 0 Å². The van der Waals surface area contributed by atoms with E-state index in [0.29, 0.717) is 5.57 Å². The fraction of sp³-hybridized carbons (Fsp3) is 0.333. The molecule has 1 aliphatic rings. The molecule has 0 aromatic rings. The van der Waals surface area contributed by atoms with Crippen LogP contribution in [-0.4, -0.2) is 11.8 Å². The molecular weight excluding hydrogens is 120 g/mol. The molecule has 48 valence electrons. The van der Waals surface area contributed by atoms with Gasteiger partial charge < -0.3 is 4.74 Å². The summed E-state index contributed by atoms with van der Waals surface area (Å²) in [5.41, 5.74) is 0.509. The number of ether oxygens (including phenoxy) is 1. The van der Waals surface area contributed by atoms with Crippen molar-refractivity contribution in [1.82, 2.24) is 0 Å². The van der Waals surface area contributed by atoms with Crippen LogP contribution in [0.1, 0.15) is 13.3 Å². The van der Waals surface area contributed by atoms with Gasteiger partial charge in [0.2, 0.25) is 0 Å². The van der Waals surface area contributed by atoms with E-state index in [4.69, 9.17) is 0 Å². The summed E-state index contributed by atoms with van der Waals surface area (Å²) in [6.07, 6.45) is 1.08. The van der Waals surface area contributed by atoms with Crippen molar-refractivity contribution >= 4 is 11.8 Å². The van der Waals surface area contributed by atoms with Crippen LogP contribution in [0.25, 0.3) is 0 Å². The average molecular weight is 126 g/mol. The summed E-state index contributed by atoms with van der Waals surface area (Å²) in [7, 11) is 0. The fourth-order valence-corrected chi connectivity index (χ4v) is 0.532. The Labute approximate surface area is 52.3 Å². The van der Waals surface area contributed by atoms with E-state index in [0.717, 1.165) is 0 Å². The summed E-state index contributed by atoms with van der Waals surface area (Å²) in [6, 6.07) is 0. The number of allylic oxidation sites excluding steroid dienone is 1. The van der Waals surface area contributed by atoms with E-state index in [9.17, 15) is 9.59 Å². The standard InChI is InChI=1S/C6H6O3/c1-4-3-9-6(8)2-5(4)7/h3H,2H2,1H3. The first-order valence-electron chi connectivity index (χ1n) is 2.59. The lowest BCUT2D eigenvalue weighted by molar-refractivity contribution is -0.142. The maximum absolute atomic E-state index is 10.6. The van der Waals surface area contributed by atoms with Crippen LogP contribution in [0.3, 0.4) is 0 Å². The highest BCUT2D eigenvalue weighted by Crippen LogP contribution is 2.06. The molecule has 0 saturated heterocycles. The van der Waals surface area contributed by atoms with Crippen LogP contribution in [0.15, 0.2) is 11.8 Å². The molecule has 1 heterocycles. The third-order valence-electron chi connectivity index (χ3n) is 1.11.